The van der Waals surface area contributed by atoms with Gasteiger partial charge in [0.25, 0.3) is 5.56 Å². The van der Waals surface area contributed by atoms with E-state index in [2.05, 4.69) is 25.9 Å². The van der Waals surface area contributed by atoms with Gasteiger partial charge in [-0.2, -0.15) is 0 Å². The minimum absolute atomic E-state index is 0.290. The zero-order valence-electron chi connectivity index (χ0n) is 16.1. The van der Waals surface area contributed by atoms with Crippen molar-refractivity contribution in [2.24, 2.45) is 14.1 Å². The van der Waals surface area contributed by atoms with Crippen molar-refractivity contribution in [3.63, 3.8) is 0 Å². The molecule has 0 saturated heterocycles. The van der Waals surface area contributed by atoms with Crippen LogP contribution in [0.3, 0.4) is 0 Å². The molecule has 0 radical (unpaired) electrons. The maximum absolute atomic E-state index is 13.1. The summed E-state index contributed by atoms with van der Waals surface area (Å²) in [5, 5.41) is 0.439. The van der Waals surface area contributed by atoms with Gasteiger partial charge < -0.3 is 14.5 Å². The van der Waals surface area contributed by atoms with E-state index in [1.165, 1.54) is 11.6 Å². The first-order valence-electron chi connectivity index (χ1n) is 9.15. The number of hydrogen-bond acceptors (Lipinski definition) is 3. The maximum atomic E-state index is 13.1. The molecule has 0 unspecified atom stereocenters. The Labute approximate surface area is 177 Å². The Kier molecular flexibility index (Phi) is 3.97. The topological polar surface area (TPSA) is 97.6 Å². The van der Waals surface area contributed by atoms with Crippen molar-refractivity contribution in [3.8, 4) is 16.9 Å². The quantitative estimate of drug-likeness (QED) is 0.419. The van der Waals surface area contributed by atoms with Crippen molar-refractivity contribution in [2.45, 2.75) is 0 Å². The number of benzene rings is 2. The van der Waals surface area contributed by atoms with Gasteiger partial charge in [-0.05, 0) is 24.3 Å². The van der Waals surface area contributed by atoms with E-state index in [1.54, 1.807) is 19.3 Å². The van der Waals surface area contributed by atoms with Crippen LogP contribution in [0.15, 0.2) is 67.5 Å². The first kappa shape index (κ1) is 18.4. The Morgan fingerprint density at radius 2 is 1.63 bits per heavy atom. The predicted octanol–water partition coefficient (Wildman–Crippen LogP) is 2.63. The lowest BCUT2D eigenvalue weighted by Gasteiger charge is -2.12. The molecule has 0 aliphatic heterocycles. The van der Waals surface area contributed by atoms with Crippen LogP contribution in [0.1, 0.15) is 0 Å². The van der Waals surface area contributed by atoms with E-state index in [-0.39, 0.29) is 11.2 Å². The molecular weight excluding hydrogens is 450 g/mol. The van der Waals surface area contributed by atoms with E-state index in [1.807, 2.05) is 41.0 Å². The molecule has 3 heterocycles. The van der Waals surface area contributed by atoms with Crippen LogP contribution in [0.5, 0.6) is 0 Å². The molecule has 0 fully saturated rings. The van der Waals surface area contributed by atoms with Gasteiger partial charge in [0.05, 0.1) is 27.6 Å². The molecule has 2 aromatic carbocycles. The molecule has 0 aliphatic carbocycles. The lowest BCUT2D eigenvalue weighted by atomic mass is 10.1. The monoisotopic (exact) mass is 465 g/mol. The number of imidazole rings is 1. The number of halogens is 1. The molecule has 8 nitrogen and oxygen atoms in total. The average Bonchev–Trinajstić information content (AvgIpc) is 3.30. The van der Waals surface area contributed by atoms with Crippen molar-refractivity contribution in [2.75, 3.05) is 0 Å². The van der Waals surface area contributed by atoms with Gasteiger partial charge >= 0.3 is 11.4 Å². The van der Waals surface area contributed by atoms with Crippen molar-refractivity contribution in [1.29, 1.82) is 0 Å². The number of aryl methyl sites for hydroxylation is 1. The molecule has 0 amide bonds. The van der Waals surface area contributed by atoms with Gasteiger partial charge in [-0.15, -0.1) is 0 Å². The van der Waals surface area contributed by atoms with Crippen molar-refractivity contribution in [3.05, 3.63) is 84.5 Å². The zero-order chi connectivity index (χ0) is 21.2. The second kappa shape index (κ2) is 6.46. The molecule has 9 heteroatoms. The second-order valence-corrected chi connectivity index (χ2v) is 7.96. The fourth-order valence-corrected chi connectivity index (χ4v) is 4.31. The number of nitrogens with zero attached hydrogens (tertiary/aromatic N) is 3. The highest BCUT2D eigenvalue weighted by atomic mass is 79.9. The van der Waals surface area contributed by atoms with Crippen LogP contribution in [0.2, 0.25) is 0 Å². The van der Waals surface area contributed by atoms with Crippen LogP contribution < -0.4 is 16.9 Å². The summed E-state index contributed by atoms with van der Waals surface area (Å²) >= 11 is 3.59. The fraction of sp³-hybridized carbons (Fsp3) is 0.0952. The summed E-state index contributed by atoms with van der Waals surface area (Å²) in [4.78, 5) is 42.8. The van der Waals surface area contributed by atoms with Crippen molar-refractivity contribution >= 4 is 37.9 Å². The number of H-pyrrole nitrogens is 2. The smallest absolute Gasteiger partial charge is 0.313 e. The van der Waals surface area contributed by atoms with E-state index in [0.717, 1.165) is 20.3 Å². The highest BCUT2D eigenvalue weighted by Crippen LogP contribution is 2.35. The number of aromatic amines is 2. The molecule has 3 aromatic heterocycles. The van der Waals surface area contributed by atoms with Gasteiger partial charge in [0.15, 0.2) is 0 Å². The minimum Gasteiger partial charge on any atom is -0.313 e. The van der Waals surface area contributed by atoms with Crippen LogP contribution in [0.4, 0.5) is 0 Å². The minimum atomic E-state index is -0.395. The Hall–Kier alpha value is -3.59. The summed E-state index contributed by atoms with van der Waals surface area (Å²) in [7, 11) is 3.12. The Balaban J connectivity index is 1.97. The molecule has 5 rings (SSSR count). The van der Waals surface area contributed by atoms with Crippen LogP contribution in [-0.2, 0) is 14.1 Å². The molecule has 0 bridgehead atoms. The number of aromatic nitrogens is 5. The summed E-state index contributed by atoms with van der Waals surface area (Å²) in [6, 6.07) is 13.1. The predicted molar refractivity (Wildman–Crippen MR) is 119 cm³/mol. The lowest BCUT2D eigenvalue weighted by Crippen LogP contribution is -2.36. The number of fused-ring (bicyclic) bond motifs is 2. The zero-order valence-corrected chi connectivity index (χ0v) is 17.6. The van der Waals surface area contributed by atoms with Gasteiger partial charge in [-0.25, -0.2) is 9.59 Å². The standard InChI is InChI=1S/C21H16BrN5O3/c1-25-16-10-27(11-7-8-14-15(9-11)24-20(29)23-14)18(12-5-3-4-6-13(12)22)17(16)19(28)26(2)21(25)30/h3-10H,1-2H3,(H2,23,24,29). The molecule has 0 spiro atoms. The van der Waals surface area contributed by atoms with Crippen LogP contribution in [-0.4, -0.2) is 23.7 Å². The van der Waals surface area contributed by atoms with E-state index in [0.29, 0.717) is 27.6 Å². The summed E-state index contributed by atoms with van der Waals surface area (Å²) < 4.78 is 5.26. The van der Waals surface area contributed by atoms with E-state index >= 15 is 0 Å². The third-order valence-corrected chi connectivity index (χ3v) is 6.04. The van der Waals surface area contributed by atoms with E-state index in [4.69, 9.17) is 0 Å². The average molecular weight is 466 g/mol. The van der Waals surface area contributed by atoms with E-state index in [9.17, 15) is 14.4 Å². The molecule has 0 atom stereocenters. The molecule has 30 heavy (non-hydrogen) atoms. The first-order valence-corrected chi connectivity index (χ1v) is 9.94. The normalized spacial score (nSPS) is 11.6. The third kappa shape index (κ3) is 2.55. The summed E-state index contributed by atoms with van der Waals surface area (Å²) in [6.07, 6.45) is 1.78. The fourth-order valence-electron chi connectivity index (χ4n) is 3.83. The van der Waals surface area contributed by atoms with Crippen molar-refractivity contribution < 1.29 is 0 Å². The highest BCUT2D eigenvalue weighted by molar-refractivity contribution is 9.10. The molecule has 0 saturated carbocycles. The number of nitrogens with one attached hydrogen (secondary N) is 2. The SMILES string of the molecule is Cn1c(=O)c2c(-c3ccccc3Br)n(-c3ccc4[nH]c(=O)[nH]c4c3)cc2n(C)c1=O. The van der Waals surface area contributed by atoms with Gasteiger partial charge in [0.1, 0.15) is 0 Å². The maximum Gasteiger partial charge on any atom is 0.330 e. The Morgan fingerprint density at radius 1 is 0.900 bits per heavy atom. The summed E-state index contributed by atoms with van der Waals surface area (Å²) in [5.74, 6) is 0. The molecular formula is C21H16BrN5O3. The van der Waals surface area contributed by atoms with Crippen LogP contribution in [0, 0.1) is 0 Å². The van der Waals surface area contributed by atoms with Crippen LogP contribution >= 0.6 is 15.9 Å². The Morgan fingerprint density at radius 3 is 2.40 bits per heavy atom. The largest absolute Gasteiger partial charge is 0.330 e. The molecule has 150 valence electrons. The van der Waals surface area contributed by atoms with Crippen molar-refractivity contribution in [1.82, 2.24) is 23.7 Å². The first-order chi connectivity index (χ1) is 14.4. The number of rotatable bonds is 2. The third-order valence-electron chi connectivity index (χ3n) is 5.35. The van der Waals surface area contributed by atoms with Gasteiger partial charge in [-0.3, -0.25) is 13.9 Å². The summed E-state index contributed by atoms with van der Waals surface area (Å²) in [5.41, 5.74) is 3.02. The van der Waals surface area contributed by atoms with Gasteiger partial charge in [0, 0.05) is 36.0 Å². The highest BCUT2D eigenvalue weighted by Gasteiger charge is 2.21. The van der Waals surface area contributed by atoms with Gasteiger partial charge in [-0.1, -0.05) is 34.1 Å². The lowest BCUT2D eigenvalue weighted by molar-refractivity contribution is 0.714. The summed E-state index contributed by atoms with van der Waals surface area (Å²) in [6.45, 7) is 0. The second-order valence-electron chi connectivity index (χ2n) is 7.10. The molecule has 0 aliphatic rings. The Bertz CT molecular complexity index is 1650. The van der Waals surface area contributed by atoms with Crippen LogP contribution in [0.25, 0.3) is 38.9 Å². The van der Waals surface area contributed by atoms with E-state index < -0.39 is 5.69 Å². The molecule has 2 N–H and O–H groups in total. The number of hydrogen-bond donors (Lipinski definition) is 2. The molecule has 5 aromatic rings. The van der Waals surface area contributed by atoms with Gasteiger partial charge in [0.2, 0.25) is 0 Å².